The molecule has 0 spiro atoms. The van der Waals surface area contributed by atoms with Crippen LogP contribution in [-0.4, -0.2) is 39.8 Å². The average molecular weight is 289 g/mol. The highest BCUT2D eigenvalue weighted by atomic mass is 35.5. The van der Waals surface area contributed by atoms with Crippen LogP contribution in [0.4, 0.5) is 5.69 Å². The Morgan fingerprint density at radius 2 is 2.05 bits per heavy atom. The Kier molecular flexibility index (Phi) is 8.95. The first-order valence-electron chi connectivity index (χ1n) is 5.84. The maximum Gasteiger partial charge on any atom is 0.238 e. The minimum atomic E-state index is -0.0614. The molecule has 0 radical (unpaired) electrons. The van der Waals surface area contributed by atoms with E-state index in [9.17, 15) is 4.79 Å². The van der Waals surface area contributed by atoms with E-state index >= 15 is 0 Å². The Bertz CT molecular complexity index is 399. The van der Waals surface area contributed by atoms with Gasteiger partial charge < -0.3 is 20.1 Å². The molecule has 6 heteroatoms. The second kappa shape index (κ2) is 9.61. The molecular formula is C13H21ClN2O3. The molecule has 108 valence electrons. The molecule has 0 fully saturated rings. The number of benzene rings is 1. The van der Waals surface area contributed by atoms with Crippen LogP contribution < -0.4 is 15.4 Å². The Morgan fingerprint density at radius 3 is 2.63 bits per heavy atom. The minimum absolute atomic E-state index is 0. The maximum atomic E-state index is 11.4. The van der Waals surface area contributed by atoms with E-state index in [1.165, 1.54) is 0 Å². The van der Waals surface area contributed by atoms with Crippen molar-refractivity contribution >= 4 is 24.0 Å². The highest BCUT2D eigenvalue weighted by Gasteiger charge is 2.04. The molecule has 19 heavy (non-hydrogen) atoms. The van der Waals surface area contributed by atoms with Gasteiger partial charge in [-0.15, -0.1) is 12.4 Å². The molecule has 0 atom stereocenters. The van der Waals surface area contributed by atoms with Crippen LogP contribution in [0.15, 0.2) is 18.2 Å². The number of hydrogen-bond acceptors (Lipinski definition) is 4. The zero-order valence-electron chi connectivity index (χ0n) is 11.5. The third-order valence-electron chi connectivity index (χ3n) is 2.37. The lowest BCUT2D eigenvalue weighted by Gasteiger charge is -2.11. The number of likely N-dealkylation sites (N-methyl/N-ethyl adjacent to an activating group) is 1. The normalized spacial score (nSPS) is 9.63. The van der Waals surface area contributed by atoms with Crippen molar-refractivity contribution in [3.63, 3.8) is 0 Å². The zero-order valence-corrected chi connectivity index (χ0v) is 12.3. The summed E-state index contributed by atoms with van der Waals surface area (Å²) in [5.74, 6) is 0.713. The van der Waals surface area contributed by atoms with Crippen LogP contribution in [0.2, 0.25) is 0 Å². The van der Waals surface area contributed by atoms with E-state index in [0.717, 1.165) is 17.0 Å². The molecule has 1 aromatic carbocycles. The van der Waals surface area contributed by atoms with Crippen LogP contribution in [0.5, 0.6) is 5.75 Å². The van der Waals surface area contributed by atoms with Crippen LogP contribution >= 0.6 is 12.4 Å². The fourth-order valence-corrected chi connectivity index (χ4v) is 1.46. The van der Waals surface area contributed by atoms with Gasteiger partial charge in [-0.2, -0.15) is 0 Å². The lowest BCUT2D eigenvalue weighted by molar-refractivity contribution is -0.115. The van der Waals surface area contributed by atoms with Gasteiger partial charge in [-0.25, -0.2) is 0 Å². The van der Waals surface area contributed by atoms with Gasteiger partial charge in [0.2, 0.25) is 5.91 Å². The summed E-state index contributed by atoms with van der Waals surface area (Å²) in [5.41, 5.74) is 1.77. The van der Waals surface area contributed by atoms with Gasteiger partial charge in [0.25, 0.3) is 0 Å². The van der Waals surface area contributed by atoms with Gasteiger partial charge in [-0.1, -0.05) is 0 Å². The first-order chi connectivity index (χ1) is 8.67. The number of rotatable bonds is 7. The van der Waals surface area contributed by atoms with Crippen LogP contribution in [0.1, 0.15) is 5.56 Å². The SMILES string of the molecule is CNCC(=O)Nc1ccc(OCCOC)cc1C.Cl. The van der Waals surface area contributed by atoms with Crippen LogP contribution in [0.25, 0.3) is 0 Å². The van der Waals surface area contributed by atoms with E-state index < -0.39 is 0 Å². The van der Waals surface area contributed by atoms with Crippen LogP contribution in [0.3, 0.4) is 0 Å². The smallest absolute Gasteiger partial charge is 0.238 e. The minimum Gasteiger partial charge on any atom is -0.491 e. The monoisotopic (exact) mass is 288 g/mol. The summed E-state index contributed by atoms with van der Waals surface area (Å²) in [6, 6.07) is 5.56. The van der Waals surface area contributed by atoms with Crippen molar-refractivity contribution in [2.45, 2.75) is 6.92 Å². The number of carbonyl (C=O) groups excluding carboxylic acids is 1. The molecule has 1 amide bonds. The lowest BCUT2D eigenvalue weighted by atomic mass is 10.2. The summed E-state index contributed by atoms with van der Waals surface area (Å²) in [4.78, 5) is 11.4. The van der Waals surface area contributed by atoms with E-state index in [1.807, 2.05) is 25.1 Å². The summed E-state index contributed by atoms with van der Waals surface area (Å²) in [7, 11) is 3.37. The Morgan fingerprint density at radius 1 is 1.32 bits per heavy atom. The molecule has 2 N–H and O–H groups in total. The van der Waals surface area contributed by atoms with E-state index in [2.05, 4.69) is 10.6 Å². The Balaban J connectivity index is 0.00000324. The van der Waals surface area contributed by atoms with Crippen molar-refractivity contribution < 1.29 is 14.3 Å². The standard InChI is InChI=1S/C13H20N2O3.ClH/c1-10-8-11(18-7-6-17-3)4-5-12(10)15-13(16)9-14-2;/h4-5,8,14H,6-7,9H2,1-3H3,(H,15,16);1H. The second-order valence-electron chi connectivity index (χ2n) is 3.90. The van der Waals surface area contributed by atoms with E-state index in [0.29, 0.717) is 19.8 Å². The third-order valence-corrected chi connectivity index (χ3v) is 2.37. The van der Waals surface area contributed by atoms with Crippen molar-refractivity contribution in [3.05, 3.63) is 23.8 Å². The highest BCUT2D eigenvalue weighted by Crippen LogP contribution is 2.21. The zero-order chi connectivity index (χ0) is 13.4. The number of aryl methyl sites for hydroxylation is 1. The number of nitrogens with one attached hydrogen (secondary N) is 2. The Hall–Kier alpha value is -1.30. The number of methoxy groups -OCH3 is 1. The lowest BCUT2D eigenvalue weighted by Crippen LogP contribution is -2.25. The van der Waals surface area contributed by atoms with Gasteiger partial charge in [0, 0.05) is 12.8 Å². The molecule has 0 aromatic heterocycles. The van der Waals surface area contributed by atoms with Gasteiger partial charge in [-0.05, 0) is 37.7 Å². The predicted molar refractivity (Wildman–Crippen MR) is 78.4 cm³/mol. The average Bonchev–Trinajstić information content (AvgIpc) is 2.33. The van der Waals surface area contributed by atoms with Crippen LogP contribution in [0, 0.1) is 6.92 Å². The molecule has 1 rings (SSSR count). The van der Waals surface area contributed by atoms with Gasteiger partial charge in [0.1, 0.15) is 12.4 Å². The third kappa shape index (κ3) is 6.42. The quantitative estimate of drug-likeness (QED) is 0.748. The molecule has 0 saturated heterocycles. The predicted octanol–water partition coefficient (Wildman–Crippen LogP) is 1.60. The molecule has 0 aliphatic heterocycles. The molecule has 0 unspecified atom stereocenters. The molecule has 0 aliphatic rings. The number of amides is 1. The van der Waals surface area contributed by atoms with Crippen molar-refractivity contribution in [2.24, 2.45) is 0 Å². The molecule has 0 bridgehead atoms. The molecule has 1 aromatic rings. The molecular weight excluding hydrogens is 268 g/mol. The van der Waals surface area contributed by atoms with Crippen molar-refractivity contribution in [1.82, 2.24) is 5.32 Å². The number of carbonyl (C=O) groups is 1. The number of ether oxygens (including phenoxy) is 2. The van der Waals surface area contributed by atoms with E-state index in [1.54, 1.807) is 14.2 Å². The van der Waals surface area contributed by atoms with Gasteiger partial charge >= 0.3 is 0 Å². The summed E-state index contributed by atoms with van der Waals surface area (Å²) in [6.07, 6.45) is 0. The molecule has 5 nitrogen and oxygen atoms in total. The largest absolute Gasteiger partial charge is 0.491 e. The fourth-order valence-electron chi connectivity index (χ4n) is 1.46. The number of halogens is 1. The summed E-state index contributed by atoms with van der Waals surface area (Å²) in [6.45, 7) is 3.30. The molecule has 0 heterocycles. The molecule has 0 saturated carbocycles. The summed E-state index contributed by atoms with van der Waals surface area (Å²) < 4.78 is 10.4. The van der Waals surface area contributed by atoms with E-state index in [-0.39, 0.29) is 18.3 Å². The first kappa shape index (κ1) is 17.7. The van der Waals surface area contributed by atoms with Crippen molar-refractivity contribution in [3.8, 4) is 5.75 Å². The first-order valence-corrected chi connectivity index (χ1v) is 5.84. The summed E-state index contributed by atoms with van der Waals surface area (Å²) >= 11 is 0. The second-order valence-corrected chi connectivity index (χ2v) is 3.90. The van der Waals surface area contributed by atoms with Gasteiger partial charge in [0.15, 0.2) is 0 Å². The topological polar surface area (TPSA) is 59.6 Å². The van der Waals surface area contributed by atoms with E-state index in [4.69, 9.17) is 9.47 Å². The van der Waals surface area contributed by atoms with Gasteiger partial charge in [-0.3, -0.25) is 4.79 Å². The fraction of sp³-hybridized carbons (Fsp3) is 0.462. The Labute approximate surface area is 120 Å². The van der Waals surface area contributed by atoms with Crippen LogP contribution in [-0.2, 0) is 9.53 Å². The summed E-state index contributed by atoms with van der Waals surface area (Å²) in [5, 5.41) is 5.63. The van der Waals surface area contributed by atoms with Gasteiger partial charge in [0.05, 0.1) is 13.2 Å². The molecule has 0 aliphatic carbocycles. The van der Waals surface area contributed by atoms with Crippen molar-refractivity contribution in [1.29, 1.82) is 0 Å². The van der Waals surface area contributed by atoms with Crippen molar-refractivity contribution in [2.75, 3.05) is 39.2 Å². The maximum absolute atomic E-state index is 11.4. The highest BCUT2D eigenvalue weighted by molar-refractivity contribution is 5.93. The number of anilines is 1. The number of hydrogen-bond donors (Lipinski definition) is 2.